The van der Waals surface area contributed by atoms with Crippen molar-refractivity contribution in [2.45, 2.75) is 85.9 Å². The molecule has 2 fully saturated rings. The average Bonchev–Trinajstić information content (AvgIpc) is 3.97. The van der Waals surface area contributed by atoms with E-state index in [1.165, 1.54) is 44.5 Å². The van der Waals surface area contributed by atoms with E-state index in [1.807, 2.05) is 0 Å². The molecule has 9 aliphatic carbocycles. The molecule has 0 radical (unpaired) electrons. The molecule has 2 heteroatoms. The predicted octanol–water partition coefficient (Wildman–Crippen LogP) is 14.4. The number of hydrogen-bond acceptors (Lipinski definition) is 2. The third-order valence-corrected chi connectivity index (χ3v) is 15.5. The Kier molecular flexibility index (Phi) is 11.7. The van der Waals surface area contributed by atoms with Crippen LogP contribution in [0.5, 0.6) is 0 Å². The first-order valence-electron chi connectivity index (χ1n) is 24.1. The Balaban J connectivity index is 0.964. The fourth-order valence-electron chi connectivity index (χ4n) is 12.5. The zero-order chi connectivity index (χ0) is 44.4. The first-order chi connectivity index (χ1) is 32.5. The maximum Gasteiger partial charge on any atom is 0.141 e. The van der Waals surface area contributed by atoms with E-state index in [1.54, 1.807) is 0 Å². The average molecular weight is 857 g/mol. The second-order valence-corrected chi connectivity index (χ2v) is 19.4. The molecular formula is C64H56O2. The van der Waals surface area contributed by atoms with Gasteiger partial charge in [0.1, 0.15) is 11.6 Å². The van der Waals surface area contributed by atoms with Crippen molar-refractivity contribution in [1.82, 2.24) is 0 Å². The van der Waals surface area contributed by atoms with Crippen molar-refractivity contribution in [2.24, 2.45) is 0 Å². The molecular weight excluding hydrogens is 801 g/mol. The molecule has 8 aromatic rings. The van der Waals surface area contributed by atoms with Crippen LogP contribution in [-0.2, 0) is 35.3 Å². The molecule has 324 valence electrons. The minimum Gasteiger partial charge on any atom is -0.299 e. The van der Waals surface area contributed by atoms with E-state index in [0.717, 1.165) is 35.1 Å². The standard InChI is InChI=1S/C64H56O2/c65-55-37-43-21-29-47(30-22-43)57-41-58(62(52-15-7-2-8-16-52)61(57)51-13-5-1-6-14-51)48-31-23-44(24-32-48)38-56(66)40-46-27-35-50(36-28-46)60-42-59(49-33-25-45(39-55)26-34-49)63(53-17-9-3-10-18-53)64(60)54-19-11-4-12-20-54/h1-36,57-64H,37-42H2. The van der Waals surface area contributed by atoms with Gasteiger partial charge in [0.05, 0.1) is 0 Å². The van der Waals surface area contributed by atoms with Crippen LogP contribution in [0.4, 0.5) is 0 Å². The number of rotatable bonds is 4. The molecule has 0 aromatic heterocycles. The van der Waals surface area contributed by atoms with Gasteiger partial charge in [0.15, 0.2) is 0 Å². The molecule has 0 saturated heterocycles. The smallest absolute Gasteiger partial charge is 0.141 e. The van der Waals surface area contributed by atoms with Gasteiger partial charge in [-0.1, -0.05) is 218 Å². The van der Waals surface area contributed by atoms with Gasteiger partial charge in [-0.3, -0.25) is 9.59 Å². The largest absolute Gasteiger partial charge is 0.299 e. The summed E-state index contributed by atoms with van der Waals surface area (Å²) in [6.07, 6.45) is 3.66. The van der Waals surface area contributed by atoms with Crippen molar-refractivity contribution in [1.29, 1.82) is 0 Å². The van der Waals surface area contributed by atoms with E-state index in [0.29, 0.717) is 25.7 Å². The summed E-state index contributed by atoms with van der Waals surface area (Å²) in [4.78, 5) is 27.6. The van der Waals surface area contributed by atoms with Crippen LogP contribution in [0.3, 0.4) is 0 Å². The van der Waals surface area contributed by atoms with Gasteiger partial charge in [0.25, 0.3) is 0 Å². The summed E-state index contributed by atoms with van der Waals surface area (Å²) in [6, 6.07) is 80.1. The van der Waals surface area contributed by atoms with Crippen LogP contribution in [0, 0.1) is 0 Å². The van der Waals surface area contributed by atoms with E-state index < -0.39 is 0 Å². The maximum atomic E-state index is 13.8. The van der Waals surface area contributed by atoms with Gasteiger partial charge in [-0.15, -0.1) is 0 Å². The topological polar surface area (TPSA) is 34.1 Å². The maximum absolute atomic E-state index is 13.8. The van der Waals surface area contributed by atoms with Gasteiger partial charge in [0, 0.05) is 25.7 Å². The summed E-state index contributed by atoms with van der Waals surface area (Å²) in [5.74, 6) is 2.65. The SMILES string of the molecule is O=C1Cc2ccc(cc2)C2CC(c3ccc(cc3)CC(=O)Cc3ccc(cc3)C3CC(c4ccc(cc4)C1)C(c1ccccc1)C3c1ccccc1)C(c1ccccc1)C2c1ccccc1. The summed E-state index contributed by atoms with van der Waals surface area (Å²) in [5, 5.41) is 0. The molecule has 8 aromatic carbocycles. The summed E-state index contributed by atoms with van der Waals surface area (Å²) >= 11 is 0. The Hall–Kier alpha value is -6.90. The fourth-order valence-corrected chi connectivity index (χ4v) is 12.5. The van der Waals surface area contributed by atoms with Crippen molar-refractivity contribution in [2.75, 3.05) is 0 Å². The second kappa shape index (κ2) is 18.5. The van der Waals surface area contributed by atoms with Gasteiger partial charge in [-0.05, 0) is 127 Å². The van der Waals surface area contributed by atoms with Crippen LogP contribution in [0.15, 0.2) is 218 Å². The number of hydrogen-bond donors (Lipinski definition) is 0. The fraction of sp³-hybridized carbons (Fsp3) is 0.219. The first kappa shape index (κ1) is 41.8. The van der Waals surface area contributed by atoms with Crippen LogP contribution in [0.2, 0.25) is 0 Å². The van der Waals surface area contributed by atoms with E-state index in [2.05, 4.69) is 218 Å². The highest BCUT2D eigenvalue weighted by Crippen LogP contribution is 2.62. The lowest BCUT2D eigenvalue weighted by Crippen LogP contribution is -2.14. The number of Topliss-reactive ketones (excluding diaryl/α,β-unsaturated/α-hetero) is 2. The van der Waals surface area contributed by atoms with Gasteiger partial charge in [0.2, 0.25) is 0 Å². The number of carbonyl (C=O) groups excluding carboxylic acids is 2. The zero-order valence-corrected chi connectivity index (χ0v) is 37.5. The third kappa shape index (κ3) is 8.54. The predicted molar refractivity (Wildman–Crippen MR) is 268 cm³/mol. The Morgan fingerprint density at radius 1 is 0.227 bits per heavy atom. The highest BCUT2D eigenvalue weighted by atomic mass is 16.1. The number of carbonyl (C=O) groups is 2. The van der Waals surface area contributed by atoms with Crippen molar-refractivity contribution in [3.63, 3.8) is 0 Å². The van der Waals surface area contributed by atoms with E-state index in [4.69, 9.17) is 0 Å². The monoisotopic (exact) mass is 856 g/mol. The lowest BCUT2D eigenvalue weighted by Gasteiger charge is -2.29. The second-order valence-electron chi connectivity index (χ2n) is 19.4. The van der Waals surface area contributed by atoms with Gasteiger partial charge >= 0.3 is 0 Å². The van der Waals surface area contributed by atoms with E-state index in [-0.39, 0.29) is 58.9 Å². The van der Waals surface area contributed by atoms with Gasteiger partial charge < -0.3 is 0 Å². The number of ketones is 2. The summed E-state index contributed by atoms with van der Waals surface area (Å²) in [7, 11) is 0. The molecule has 0 spiro atoms. The first-order valence-corrected chi connectivity index (χ1v) is 24.1. The molecule has 0 amide bonds. The van der Waals surface area contributed by atoms with Gasteiger partial charge in [-0.25, -0.2) is 0 Å². The lowest BCUT2D eigenvalue weighted by molar-refractivity contribution is -0.118. The minimum absolute atomic E-state index is 0.233. The third-order valence-electron chi connectivity index (χ3n) is 15.5. The van der Waals surface area contributed by atoms with Crippen molar-refractivity contribution >= 4 is 11.6 Å². The molecule has 8 unspecified atom stereocenters. The molecule has 2 nitrogen and oxygen atoms in total. The minimum atomic E-state index is 0.233. The molecule has 17 rings (SSSR count). The van der Waals surface area contributed by atoms with Crippen LogP contribution in [0.1, 0.15) is 127 Å². The van der Waals surface area contributed by atoms with Crippen molar-refractivity contribution in [3.8, 4) is 0 Å². The van der Waals surface area contributed by atoms with Crippen LogP contribution >= 0.6 is 0 Å². The molecule has 2 saturated carbocycles. The van der Waals surface area contributed by atoms with Crippen LogP contribution in [0.25, 0.3) is 0 Å². The summed E-state index contributed by atoms with van der Waals surface area (Å²) < 4.78 is 0. The molecule has 0 aliphatic heterocycles. The summed E-state index contributed by atoms with van der Waals surface area (Å²) in [6.45, 7) is 0. The Labute approximate surface area is 390 Å². The highest BCUT2D eigenvalue weighted by molar-refractivity contribution is 5.83. The molecule has 66 heavy (non-hydrogen) atoms. The quantitative estimate of drug-likeness (QED) is 0.177. The van der Waals surface area contributed by atoms with Crippen molar-refractivity contribution in [3.05, 3.63) is 285 Å². The van der Waals surface area contributed by atoms with Gasteiger partial charge in [-0.2, -0.15) is 0 Å². The van der Waals surface area contributed by atoms with E-state index in [9.17, 15) is 9.59 Å². The molecule has 12 bridgehead atoms. The van der Waals surface area contributed by atoms with Crippen LogP contribution < -0.4 is 0 Å². The Morgan fingerprint density at radius 2 is 0.424 bits per heavy atom. The number of benzene rings is 8. The molecule has 0 N–H and O–H groups in total. The zero-order valence-electron chi connectivity index (χ0n) is 37.5. The normalized spacial score (nSPS) is 24.1. The molecule has 8 atom stereocenters. The lowest BCUT2D eigenvalue weighted by atomic mass is 9.75. The Bertz CT molecular complexity index is 2490. The highest BCUT2D eigenvalue weighted by Gasteiger charge is 2.47. The molecule has 0 heterocycles. The van der Waals surface area contributed by atoms with E-state index >= 15 is 0 Å². The molecule has 9 aliphatic rings. The Morgan fingerprint density at radius 3 is 0.621 bits per heavy atom. The summed E-state index contributed by atoms with van der Waals surface area (Å²) in [5.41, 5.74) is 14.9. The van der Waals surface area contributed by atoms with Crippen LogP contribution in [-0.4, -0.2) is 11.6 Å². The van der Waals surface area contributed by atoms with Crippen molar-refractivity contribution < 1.29 is 9.59 Å².